The number of piperazine rings is 1. The fourth-order valence-electron chi connectivity index (χ4n) is 6.58. The Morgan fingerprint density at radius 2 is 2.08 bits per heavy atom. The summed E-state index contributed by atoms with van der Waals surface area (Å²) in [6.45, 7) is 3.26. The highest BCUT2D eigenvalue weighted by Gasteiger charge is 2.55. The molecule has 1 aromatic rings. The molecule has 200 valence electrons. The van der Waals surface area contributed by atoms with E-state index in [4.69, 9.17) is 9.47 Å². The number of nitrogens with one attached hydrogen (secondary N) is 1. The van der Waals surface area contributed by atoms with Gasteiger partial charge in [-0.3, -0.25) is 9.78 Å². The SMILES string of the molecule is CO[C@@H]1COCC[C@@H]1N[C@@H]1CC[C@H](C(=O)N2C(C(C)O)[C@@H]3C[C@H]2CN3c2cncc(C(F)(F)F)n2)C1. The van der Waals surface area contributed by atoms with Gasteiger partial charge in [0.25, 0.3) is 0 Å². The molecule has 1 amide bonds. The van der Waals surface area contributed by atoms with Crippen molar-refractivity contribution in [2.45, 2.75) is 87.6 Å². The first-order valence-electron chi connectivity index (χ1n) is 12.7. The van der Waals surface area contributed by atoms with Crippen LogP contribution in [-0.4, -0.2) is 95.2 Å². The van der Waals surface area contributed by atoms with Gasteiger partial charge in [-0.25, -0.2) is 4.98 Å². The number of likely N-dealkylation sites (tertiary alicyclic amines) is 1. The minimum absolute atomic E-state index is 0.00707. The molecule has 2 unspecified atom stereocenters. The number of aliphatic hydroxyl groups excluding tert-OH is 1. The largest absolute Gasteiger partial charge is 0.434 e. The predicted molar refractivity (Wildman–Crippen MR) is 123 cm³/mol. The van der Waals surface area contributed by atoms with Crippen molar-refractivity contribution in [1.29, 1.82) is 0 Å². The molecule has 2 bridgehead atoms. The van der Waals surface area contributed by atoms with Gasteiger partial charge in [-0.2, -0.15) is 13.2 Å². The van der Waals surface area contributed by atoms with Crippen molar-refractivity contribution >= 4 is 11.7 Å². The van der Waals surface area contributed by atoms with Crippen LogP contribution in [0.15, 0.2) is 12.4 Å². The number of methoxy groups -OCH3 is 1. The highest BCUT2D eigenvalue weighted by molar-refractivity contribution is 5.81. The Balaban J connectivity index is 1.26. The van der Waals surface area contributed by atoms with E-state index in [9.17, 15) is 23.1 Å². The average Bonchev–Trinajstić information content (AvgIpc) is 3.58. The summed E-state index contributed by atoms with van der Waals surface area (Å²) in [5, 5.41) is 14.3. The van der Waals surface area contributed by atoms with E-state index >= 15 is 0 Å². The number of ether oxygens (including phenoxy) is 2. The Morgan fingerprint density at radius 3 is 2.81 bits per heavy atom. The number of carbonyl (C=O) groups is 1. The zero-order valence-electron chi connectivity index (χ0n) is 20.5. The van der Waals surface area contributed by atoms with Crippen LogP contribution in [-0.2, 0) is 20.4 Å². The molecule has 1 aromatic heterocycles. The zero-order valence-corrected chi connectivity index (χ0v) is 20.5. The van der Waals surface area contributed by atoms with Gasteiger partial charge >= 0.3 is 6.18 Å². The van der Waals surface area contributed by atoms with E-state index in [-0.39, 0.29) is 47.9 Å². The number of hydrogen-bond acceptors (Lipinski definition) is 8. The van der Waals surface area contributed by atoms with Crippen molar-refractivity contribution in [1.82, 2.24) is 20.2 Å². The number of rotatable bonds is 6. The van der Waals surface area contributed by atoms with Gasteiger partial charge in [0.15, 0.2) is 5.69 Å². The smallest absolute Gasteiger partial charge is 0.391 e. The van der Waals surface area contributed by atoms with Gasteiger partial charge in [0.05, 0.1) is 49.3 Å². The van der Waals surface area contributed by atoms with Crippen molar-refractivity contribution in [3.63, 3.8) is 0 Å². The molecule has 3 saturated heterocycles. The highest BCUT2D eigenvalue weighted by atomic mass is 19.4. The van der Waals surface area contributed by atoms with Crippen molar-refractivity contribution in [2.24, 2.45) is 5.92 Å². The molecule has 0 spiro atoms. The second kappa shape index (κ2) is 10.0. The van der Waals surface area contributed by atoms with Crippen LogP contribution in [0.3, 0.4) is 0 Å². The number of fused-ring (bicyclic) bond motifs is 2. The molecule has 36 heavy (non-hydrogen) atoms. The maximum absolute atomic E-state index is 13.7. The number of amides is 1. The molecule has 1 aliphatic carbocycles. The van der Waals surface area contributed by atoms with Gasteiger partial charge in [0.1, 0.15) is 5.82 Å². The van der Waals surface area contributed by atoms with Crippen LogP contribution in [0, 0.1) is 5.92 Å². The topological polar surface area (TPSA) is 100 Å². The molecule has 2 N–H and O–H groups in total. The number of carbonyl (C=O) groups excluding carboxylic acids is 1. The summed E-state index contributed by atoms with van der Waals surface area (Å²) in [5.41, 5.74) is -1.05. The predicted octanol–water partition coefficient (Wildman–Crippen LogP) is 1.60. The Bertz CT molecular complexity index is 951. The third-order valence-electron chi connectivity index (χ3n) is 8.22. The summed E-state index contributed by atoms with van der Waals surface area (Å²) < 4.78 is 50.6. The molecule has 5 rings (SSSR count). The molecule has 1 saturated carbocycles. The molecule has 4 fully saturated rings. The lowest BCUT2D eigenvalue weighted by Crippen LogP contribution is -2.60. The first-order chi connectivity index (χ1) is 17.2. The lowest BCUT2D eigenvalue weighted by molar-refractivity contribution is -0.141. The first kappa shape index (κ1) is 25.6. The number of aliphatic hydroxyl groups is 1. The van der Waals surface area contributed by atoms with Crippen LogP contribution >= 0.6 is 0 Å². The molecule has 9 nitrogen and oxygen atoms in total. The fraction of sp³-hybridized carbons (Fsp3) is 0.792. The van der Waals surface area contributed by atoms with Crippen LogP contribution in [0.25, 0.3) is 0 Å². The molecule has 0 radical (unpaired) electrons. The van der Waals surface area contributed by atoms with Gasteiger partial charge in [0, 0.05) is 38.3 Å². The maximum Gasteiger partial charge on any atom is 0.434 e. The molecule has 3 aliphatic heterocycles. The molecule has 0 aromatic carbocycles. The third-order valence-corrected chi connectivity index (χ3v) is 8.22. The number of alkyl halides is 3. The van der Waals surface area contributed by atoms with Crippen molar-refractivity contribution in [2.75, 3.05) is 31.8 Å². The molecular formula is C24H34F3N5O4. The van der Waals surface area contributed by atoms with Gasteiger partial charge in [0.2, 0.25) is 5.91 Å². The minimum atomic E-state index is -4.59. The minimum Gasteiger partial charge on any atom is -0.391 e. The number of nitrogens with zero attached hydrogens (tertiary/aromatic N) is 4. The number of aromatic nitrogens is 2. The van der Waals surface area contributed by atoms with Gasteiger partial charge in [-0.1, -0.05) is 0 Å². The second-order valence-corrected chi connectivity index (χ2v) is 10.5. The highest BCUT2D eigenvalue weighted by Crippen LogP contribution is 2.42. The Morgan fingerprint density at radius 1 is 1.28 bits per heavy atom. The van der Waals surface area contributed by atoms with Crippen LogP contribution < -0.4 is 10.2 Å². The maximum atomic E-state index is 13.7. The van der Waals surface area contributed by atoms with Gasteiger partial charge in [-0.05, 0) is 39.0 Å². The molecule has 12 heteroatoms. The van der Waals surface area contributed by atoms with Gasteiger partial charge in [-0.15, -0.1) is 0 Å². The van der Waals surface area contributed by atoms with E-state index in [0.29, 0.717) is 32.4 Å². The zero-order chi connectivity index (χ0) is 25.6. The van der Waals surface area contributed by atoms with Crippen molar-refractivity contribution < 1.29 is 32.5 Å². The average molecular weight is 514 g/mol. The summed E-state index contributed by atoms with van der Waals surface area (Å²) in [4.78, 5) is 24.8. The fourth-order valence-corrected chi connectivity index (χ4v) is 6.58. The summed E-state index contributed by atoms with van der Waals surface area (Å²) in [5.74, 6) is 0.0119. The quantitative estimate of drug-likeness (QED) is 0.592. The van der Waals surface area contributed by atoms with E-state index < -0.39 is 24.0 Å². The monoisotopic (exact) mass is 513 g/mol. The van der Waals surface area contributed by atoms with Crippen molar-refractivity contribution in [3.8, 4) is 0 Å². The normalized spacial score (nSPS) is 35.4. The lowest BCUT2D eigenvalue weighted by atomic mass is 9.99. The van der Waals surface area contributed by atoms with E-state index in [2.05, 4.69) is 15.3 Å². The first-order valence-corrected chi connectivity index (χ1v) is 12.7. The van der Waals surface area contributed by atoms with Crippen molar-refractivity contribution in [3.05, 3.63) is 18.1 Å². The number of anilines is 1. The second-order valence-electron chi connectivity index (χ2n) is 10.5. The standard InChI is InChI=1S/C24H34F3N5O4/c1-13(33)22-18-8-16(11-31(18)21-10-28-9-20(30-21)24(25,26)27)32(22)23(34)14-3-4-15(7-14)29-17-5-6-36-12-19(17)35-2/h9-10,13-19,22,29,33H,3-8,11-12H2,1-2H3/t13?,14-,15+,16-,17-,18-,19+,22?/m0/s1. The molecular weight excluding hydrogens is 479 g/mol. The third kappa shape index (κ3) is 4.80. The van der Waals surface area contributed by atoms with E-state index in [1.807, 2.05) is 4.90 Å². The summed E-state index contributed by atoms with van der Waals surface area (Å²) in [6.07, 6.45) is 0.422. The molecule has 8 atom stereocenters. The van der Waals surface area contributed by atoms with Crippen LogP contribution in [0.4, 0.5) is 19.0 Å². The lowest BCUT2D eigenvalue weighted by Gasteiger charge is -2.43. The van der Waals surface area contributed by atoms with E-state index in [0.717, 1.165) is 25.7 Å². The summed E-state index contributed by atoms with van der Waals surface area (Å²) >= 11 is 0. The van der Waals surface area contributed by atoms with Crippen LogP contribution in [0.1, 0.15) is 44.7 Å². The van der Waals surface area contributed by atoms with E-state index in [1.54, 1.807) is 18.9 Å². The summed E-state index contributed by atoms with van der Waals surface area (Å²) in [7, 11) is 1.68. The number of hydrogen-bond donors (Lipinski definition) is 2. The summed E-state index contributed by atoms with van der Waals surface area (Å²) in [6, 6.07) is -0.595. The Hall–Kier alpha value is -2.02. The van der Waals surface area contributed by atoms with Gasteiger partial charge < -0.3 is 29.7 Å². The van der Waals surface area contributed by atoms with Crippen LogP contribution in [0.5, 0.6) is 0 Å². The molecule has 4 aliphatic rings. The Kier molecular flexibility index (Phi) is 7.14. The van der Waals surface area contributed by atoms with Crippen LogP contribution in [0.2, 0.25) is 0 Å². The Labute approximate surface area is 208 Å². The molecule has 4 heterocycles. The number of halogens is 3. The van der Waals surface area contributed by atoms with E-state index in [1.165, 1.54) is 6.20 Å².